The van der Waals surface area contributed by atoms with E-state index < -0.39 is 0 Å². The van der Waals surface area contributed by atoms with Crippen molar-refractivity contribution < 1.29 is 0 Å². The quantitative estimate of drug-likeness (QED) is 0.798. The summed E-state index contributed by atoms with van der Waals surface area (Å²) in [7, 11) is 0. The first-order chi connectivity index (χ1) is 8.11. The number of nitriles is 1. The van der Waals surface area contributed by atoms with Crippen molar-refractivity contribution in [3.63, 3.8) is 0 Å². The lowest BCUT2D eigenvalue weighted by atomic mass is 10.1. The largest absolute Gasteiger partial charge is 0.382 e. The molecular formula is C11H8ClN5. The van der Waals surface area contributed by atoms with E-state index in [4.69, 9.17) is 28.3 Å². The number of hydrogen-bond donors (Lipinski definition) is 2. The number of benzene rings is 1. The molecule has 5 nitrogen and oxygen atoms in total. The van der Waals surface area contributed by atoms with Crippen LogP contribution in [0.3, 0.4) is 0 Å². The minimum Gasteiger partial charge on any atom is -0.382 e. The van der Waals surface area contributed by atoms with Crippen molar-refractivity contribution in [2.75, 3.05) is 11.5 Å². The number of nitrogen functional groups attached to an aromatic ring is 2. The lowest BCUT2D eigenvalue weighted by Gasteiger charge is -2.06. The standard InChI is InChI=1S/C11H8ClN5/c12-7-3-1-2-6(4-7)9-8(5-13)10(14)17-11(15)16-9/h1-4H,(H4,14,15,16,17). The van der Waals surface area contributed by atoms with Gasteiger partial charge in [-0.15, -0.1) is 0 Å². The number of nitrogens with two attached hydrogens (primary N) is 2. The summed E-state index contributed by atoms with van der Waals surface area (Å²) < 4.78 is 0. The highest BCUT2D eigenvalue weighted by Crippen LogP contribution is 2.26. The molecule has 2 aromatic rings. The zero-order valence-electron chi connectivity index (χ0n) is 8.68. The van der Waals surface area contributed by atoms with Crippen LogP contribution in [0.15, 0.2) is 24.3 Å². The van der Waals surface area contributed by atoms with Gasteiger partial charge in [-0.1, -0.05) is 23.7 Å². The van der Waals surface area contributed by atoms with E-state index in [1.165, 1.54) is 0 Å². The third-order valence-electron chi connectivity index (χ3n) is 2.16. The lowest BCUT2D eigenvalue weighted by Crippen LogP contribution is -2.04. The second kappa shape index (κ2) is 4.28. The van der Waals surface area contributed by atoms with E-state index in [0.29, 0.717) is 16.3 Å². The van der Waals surface area contributed by atoms with Crippen molar-refractivity contribution in [1.82, 2.24) is 9.97 Å². The molecule has 17 heavy (non-hydrogen) atoms. The van der Waals surface area contributed by atoms with Gasteiger partial charge in [-0.25, -0.2) is 4.98 Å². The van der Waals surface area contributed by atoms with Crippen LogP contribution in [0.1, 0.15) is 5.56 Å². The number of halogens is 1. The second-order valence-corrected chi connectivity index (χ2v) is 3.75. The van der Waals surface area contributed by atoms with E-state index in [2.05, 4.69) is 9.97 Å². The van der Waals surface area contributed by atoms with E-state index >= 15 is 0 Å². The molecule has 4 N–H and O–H groups in total. The van der Waals surface area contributed by atoms with Gasteiger partial charge in [0.15, 0.2) is 0 Å². The summed E-state index contributed by atoms with van der Waals surface area (Å²) in [6.07, 6.45) is 0. The Hall–Kier alpha value is -2.32. The van der Waals surface area contributed by atoms with E-state index in [-0.39, 0.29) is 17.3 Å². The first kappa shape index (κ1) is 11.2. The van der Waals surface area contributed by atoms with Crippen LogP contribution in [0.25, 0.3) is 11.3 Å². The second-order valence-electron chi connectivity index (χ2n) is 3.31. The first-order valence-electron chi connectivity index (χ1n) is 4.71. The molecule has 0 fully saturated rings. The molecule has 0 amide bonds. The van der Waals surface area contributed by atoms with Crippen LogP contribution < -0.4 is 11.5 Å². The van der Waals surface area contributed by atoms with Gasteiger partial charge in [-0.3, -0.25) is 0 Å². The zero-order chi connectivity index (χ0) is 12.4. The van der Waals surface area contributed by atoms with Gasteiger partial charge in [0.05, 0.1) is 5.69 Å². The fraction of sp³-hybridized carbons (Fsp3) is 0. The predicted octanol–water partition coefficient (Wildman–Crippen LogP) is 1.83. The van der Waals surface area contributed by atoms with Gasteiger partial charge < -0.3 is 11.5 Å². The molecule has 0 atom stereocenters. The van der Waals surface area contributed by atoms with Gasteiger partial charge in [0.2, 0.25) is 5.95 Å². The third-order valence-corrected chi connectivity index (χ3v) is 2.40. The Balaban J connectivity index is 2.71. The number of rotatable bonds is 1. The first-order valence-corrected chi connectivity index (χ1v) is 5.08. The molecule has 2 rings (SSSR count). The lowest BCUT2D eigenvalue weighted by molar-refractivity contribution is 1.18. The van der Waals surface area contributed by atoms with E-state index in [9.17, 15) is 0 Å². The Bertz CT molecular complexity index is 618. The van der Waals surface area contributed by atoms with Crippen molar-refractivity contribution in [3.05, 3.63) is 34.9 Å². The van der Waals surface area contributed by atoms with Gasteiger partial charge in [0.25, 0.3) is 0 Å². The van der Waals surface area contributed by atoms with Gasteiger partial charge in [-0.2, -0.15) is 10.2 Å². The molecule has 1 aromatic heterocycles. The molecule has 0 aliphatic heterocycles. The maximum atomic E-state index is 9.04. The smallest absolute Gasteiger partial charge is 0.222 e. The van der Waals surface area contributed by atoms with Gasteiger partial charge in [-0.05, 0) is 12.1 Å². The molecule has 1 heterocycles. The summed E-state index contributed by atoms with van der Waals surface area (Å²) in [6, 6.07) is 8.90. The SMILES string of the molecule is N#Cc1c(N)nc(N)nc1-c1cccc(Cl)c1. The summed E-state index contributed by atoms with van der Waals surface area (Å²) in [5.74, 6) is 0.0893. The van der Waals surface area contributed by atoms with Gasteiger partial charge >= 0.3 is 0 Å². The molecule has 0 saturated heterocycles. The maximum absolute atomic E-state index is 9.04. The van der Waals surface area contributed by atoms with Crippen molar-refractivity contribution in [1.29, 1.82) is 5.26 Å². The molecule has 0 unspecified atom stereocenters. The van der Waals surface area contributed by atoms with Crippen LogP contribution in [0, 0.1) is 11.3 Å². The van der Waals surface area contributed by atoms with Crippen LogP contribution in [0.5, 0.6) is 0 Å². The monoisotopic (exact) mass is 245 g/mol. The van der Waals surface area contributed by atoms with Crippen molar-refractivity contribution >= 4 is 23.4 Å². The average Bonchev–Trinajstić information content (AvgIpc) is 2.28. The number of hydrogen-bond acceptors (Lipinski definition) is 5. The van der Waals surface area contributed by atoms with Crippen LogP contribution in [-0.4, -0.2) is 9.97 Å². The number of aromatic nitrogens is 2. The summed E-state index contributed by atoms with van der Waals surface area (Å²) in [5, 5.41) is 9.58. The Kier molecular flexibility index (Phi) is 2.81. The van der Waals surface area contributed by atoms with E-state index in [1.54, 1.807) is 24.3 Å². The minimum atomic E-state index is 0.0245. The highest BCUT2D eigenvalue weighted by molar-refractivity contribution is 6.30. The Morgan fingerprint density at radius 1 is 1.24 bits per heavy atom. The average molecular weight is 246 g/mol. The molecule has 0 aliphatic carbocycles. The topological polar surface area (TPSA) is 102 Å². The predicted molar refractivity (Wildman–Crippen MR) is 66.0 cm³/mol. The van der Waals surface area contributed by atoms with Crippen LogP contribution in [0.2, 0.25) is 5.02 Å². The zero-order valence-corrected chi connectivity index (χ0v) is 9.44. The molecule has 84 valence electrons. The van der Waals surface area contributed by atoms with Crippen LogP contribution >= 0.6 is 11.6 Å². The molecule has 0 radical (unpaired) electrons. The van der Waals surface area contributed by atoms with E-state index in [0.717, 1.165) is 0 Å². The van der Waals surface area contributed by atoms with Crippen molar-refractivity contribution in [2.24, 2.45) is 0 Å². The van der Waals surface area contributed by atoms with Gasteiger partial charge in [0, 0.05) is 10.6 Å². The molecule has 0 saturated carbocycles. The summed E-state index contributed by atoms with van der Waals surface area (Å²) in [5.41, 5.74) is 12.4. The highest BCUT2D eigenvalue weighted by atomic mass is 35.5. The highest BCUT2D eigenvalue weighted by Gasteiger charge is 2.12. The van der Waals surface area contributed by atoms with E-state index in [1.807, 2.05) is 6.07 Å². The Morgan fingerprint density at radius 2 is 2.00 bits per heavy atom. The fourth-order valence-corrected chi connectivity index (χ4v) is 1.64. The maximum Gasteiger partial charge on any atom is 0.222 e. The molecule has 1 aromatic carbocycles. The molecule has 6 heteroatoms. The molecule has 0 aliphatic rings. The fourth-order valence-electron chi connectivity index (χ4n) is 1.45. The molecular weight excluding hydrogens is 238 g/mol. The van der Waals surface area contributed by atoms with Crippen LogP contribution in [-0.2, 0) is 0 Å². The number of nitrogens with zero attached hydrogens (tertiary/aromatic N) is 3. The van der Waals surface area contributed by atoms with Gasteiger partial charge in [0.1, 0.15) is 17.5 Å². The van der Waals surface area contributed by atoms with Crippen molar-refractivity contribution in [3.8, 4) is 17.3 Å². The normalized spacial score (nSPS) is 9.88. The Morgan fingerprint density at radius 3 is 2.65 bits per heavy atom. The summed E-state index contributed by atoms with van der Waals surface area (Å²) in [4.78, 5) is 7.76. The Labute approximate surface area is 103 Å². The third kappa shape index (κ3) is 2.12. The summed E-state index contributed by atoms with van der Waals surface area (Å²) in [6.45, 7) is 0. The molecule has 0 bridgehead atoms. The van der Waals surface area contributed by atoms with Crippen LogP contribution in [0.4, 0.5) is 11.8 Å². The number of anilines is 2. The molecule has 0 spiro atoms. The summed E-state index contributed by atoms with van der Waals surface area (Å²) >= 11 is 5.88. The minimum absolute atomic E-state index is 0.0245. The van der Waals surface area contributed by atoms with Crippen molar-refractivity contribution in [2.45, 2.75) is 0 Å².